The number of aryl methyl sites for hydroxylation is 4. The van der Waals surface area contributed by atoms with E-state index in [1.165, 1.54) is 70.6 Å². The van der Waals surface area contributed by atoms with Gasteiger partial charge < -0.3 is 0 Å². The number of hydrogen-bond donors (Lipinski definition) is 0. The van der Waals surface area contributed by atoms with Gasteiger partial charge in [-0.2, -0.15) is 0 Å². The van der Waals surface area contributed by atoms with Gasteiger partial charge in [0.25, 0.3) is 59.1 Å². The molecule has 0 spiro atoms. The van der Waals surface area contributed by atoms with Gasteiger partial charge >= 0.3 is 0 Å². The minimum atomic E-state index is -0.344. The minimum Gasteiger partial charge on any atom is -0.269 e. The highest BCUT2D eigenvalue weighted by Gasteiger charge is 2.31. The summed E-state index contributed by atoms with van der Waals surface area (Å²) in [5, 5.41) is 0. The molecule has 364 valence electrons. The number of carbonyl (C=O) groups excluding carboxylic acids is 10. The number of nitrogens with zero attached hydrogens (tertiary/aromatic N) is 5. The fraction of sp³-hybridized carbons (Fsp3) is 0.138. The summed E-state index contributed by atoms with van der Waals surface area (Å²) in [4.78, 5) is 124. The second-order valence-corrected chi connectivity index (χ2v) is 17.3. The van der Waals surface area contributed by atoms with Crippen molar-refractivity contribution in [1.82, 2.24) is 0 Å². The summed E-state index contributed by atoms with van der Waals surface area (Å²) < 4.78 is 0. The molecule has 0 atom stereocenters. The van der Waals surface area contributed by atoms with E-state index in [0.29, 0.717) is 54.1 Å². The molecule has 73 heavy (non-hydrogen) atoms. The minimum absolute atomic E-state index is 0.281. The molecule has 15 heteroatoms. The predicted molar refractivity (Wildman–Crippen MR) is 274 cm³/mol. The molecule has 0 N–H and O–H groups in total. The van der Waals surface area contributed by atoms with E-state index >= 15 is 0 Å². The number of para-hydroxylation sites is 1. The third-order valence-electron chi connectivity index (χ3n) is 12.4. The first kappa shape index (κ1) is 49.9. The number of rotatable bonds is 11. The lowest BCUT2D eigenvalue weighted by molar-refractivity contribution is -0.121. The normalized spacial score (nSPS) is 15.8. The summed E-state index contributed by atoms with van der Waals surface area (Å²) in [5.41, 5.74) is 10.8. The van der Waals surface area contributed by atoms with Crippen LogP contribution >= 0.6 is 0 Å². The average molecular weight is 974 g/mol. The van der Waals surface area contributed by atoms with Crippen molar-refractivity contribution < 1.29 is 47.9 Å². The van der Waals surface area contributed by atoms with Crippen LogP contribution in [0.2, 0.25) is 0 Å². The van der Waals surface area contributed by atoms with Crippen LogP contribution in [-0.4, -0.2) is 59.1 Å². The van der Waals surface area contributed by atoms with Crippen molar-refractivity contribution in [2.24, 2.45) is 0 Å². The molecule has 0 aromatic heterocycles. The van der Waals surface area contributed by atoms with Crippen molar-refractivity contribution in [3.05, 3.63) is 208 Å². The Kier molecular flexibility index (Phi) is 14.5. The summed E-state index contributed by atoms with van der Waals surface area (Å²) in [7, 11) is 0. The molecule has 0 unspecified atom stereocenters. The van der Waals surface area contributed by atoms with Crippen molar-refractivity contribution in [3.63, 3.8) is 0 Å². The average Bonchev–Trinajstić information content (AvgIpc) is 4.18. The predicted octanol–water partition coefficient (Wildman–Crippen LogP) is 7.13. The zero-order chi connectivity index (χ0) is 52.1. The van der Waals surface area contributed by atoms with Crippen molar-refractivity contribution in [2.75, 3.05) is 24.5 Å². The van der Waals surface area contributed by atoms with Gasteiger partial charge in [0.2, 0.25) is 0 Å². The maximum absolute atomic E-state index is 12.2. The van der Waals surface area contributed by atoms with Crippen molar-refractivity contribution in [3.8, 4) is 0 Å². The summed E-state index contributed by atoms with van der Waals surface area (Å²) in [5.74, 6) is -3.20. The smallest absolute Gasteiger partial charge is 0.258 e. The summed E-state index contributed by atoms with van der Waals surface area (Å²) in [6.07, 6.45) is 15.4. The Morgan fingerprint density at radius 1 is 0.301 bits per heavy atom. The zero-order valence-corrected chi connectivity index (χ0v) is 40.2. The molecule has 5 aromatic rings. The zero-order valence-electron chi connectivity index (χ0n) is 40.2. The van der Waals surface area contributed by atoms with Gasteiger partial charge in [-0.25, -0.2) is 24.5 Å². The van der Waals surface area contributed by atoms with E-state index in [1.807, 2.05) is 82.3 Å². The van der Waals surface area contributed by atoms with Crippen molar-refractivity contribution in [1.29, 1.82) is 0 Å². The lowest BCUT2D eigenvalue weighted by Crippen LogP contribution is -2.31. The highest BCUT2D eigenvalue weighted by Crippen LogP contribution is 2.34. The van der Waals surface area contributed by atoms with Gasteiger partial charge in [-0.1, -0.05) is 80.6 Å². The molecule has 10 amide bonds. The standard InChI is InChI=1S/C27H26N2O4.C21H14N2O4.C10H7NO2/c1-5-20-14-18(11-16(3)26(20)28-22(30)7-8-23(28)31)13-19-12-17(4)27(21(6-2)15-19)29-24(32)9-10-25(29)33;24-18-9-10-19(25)22(18)16-5-1-14(2-6-16)13-15-3-7-17(8-4-15)23-20(26)11-12-21(23)27;12-9-6-7-10(13)11(9)8-4-2-1-3-5-8/h7-12,14-15H,5-6,13H2,1-4H3;1-12H,13H2;1-7H. The Hall–Kier alpha value is -9.50. The molecule has 0 aliphatic carbocycles. The first-order valence-electron chi connectivity index (χ1n) is 23.3. The molecule has 0 fully saturated rings. The third kappa shape index (κ3) is 10.5. The van der Waals surface area contributed by atoms with Crippen LogP contribution in [-0.2, 0) is 73.6 Å². The van der Waals surface area contributed by atoms with Crippen LogP contribution in [0.15, 0.2) is 164 Å². The first-order valence-corrected chi connectivity index (χ1v) is 23.3. The summed E-state index contributed by atoms with van der Waals surface area (Å²) in [6.45, 7) is 7.85. The van der Waals surface area contributed by atoms with Crippen LogP contribution in [0.3, 0.4) is 0 Å². The second-order valence-electron chi connectivity index (χ2n) is 17.3. The molecule has 0 bridgehead atoms. The largest absolute Gasteiger partial charge is 0.269 e. The van der Waals surface area contributed by atoms with E-state index in [0.717, 1.165) is 59.2 Å². The monoisotopic (exact) mass is 973 g/mol. The highest BCUT2D eigenvalue weighted by molar-refractivity contribution is 6.31. The SMILES string of the molecule is CCc1cc(Cc2cc(C)c(N3C(=O)C=CC3=O)c(CC)c2)cc(C)c1N1C(=O)C=CC1=O.O=C1C=CC(=O)N1c1ccc(Cc2ccc(N3C(=O)C=CC3=O)cc2)cc1.O=C1C=CC(=O)N1c1ccccc1. The number of hydrogen-bond acceptors (Lipinski definition) is 10. The first-order chi connectivity index (χ1) is 35.1. The van der Waals surface area contributed by atoms with Gasteiger partial charge in [0.15, 0.2) is 0 Å². The van der Waals surface area contributed by atoms with Gasteiger partial charge in [0.1, 0.15) is 0 Å². The molecule has 5 heterocycles. The molecule has 5 aromatic carbocycles. The van der Waals surface area contributed by atoms with Gasteiger partial charge in [-0.05, 0) is 120 Å². The van der Waals surface area contributed by atoms with Crippen LogP contribution in [0, 0.1) is 13.8 Å². The fourth-order valence-corrected chi connectivity index (χ4v) is 9.03. The van der Waals surface area contributed by atoms with Gasteiger partial charge in [-0.3, -0.25) is 47.9 Å². The van der Waals surface area contributed by atoms with Crippen LogP contribution in [0.25, 0.3) is 0 Å². The van der Waals surface area contributed by atoms with E-state index in [1.54, 1.807) is 48.5 Å². The van der Waals surface area contributed by atoms with Crippen LogP contribution in [0.1, 0.15) is 58.4 Å². The van der Waals surface area contributed by atoms with E-state index < -0.39 is 0 Å². The van der Waals surface area contributed by atoms with Gasteiger partial charge in [0.05, 0.1) is 28.4 Å². The third-order valence-corrected chi connectivity index (χ3v) is 12.4. The lowest BCUT2D eigenvalue weighted by atomic mass is 9.93. The topological polar surface area (TPSA) is 187 Å². The van der Waals surface area contributed by atoms with Crippen LogP contribution in [0.4, 0.5) is 28.4 Å². The van der Waals surface area contributed by atoms with E-state index in [4.69, 9.17) is 0 Å². The molecule has 0 saturated heterocycles. The number of anilines is 5. The number of imide groups is 5. The second kappa shape index (κ2) is 21.2. The molecular formula is C58H47N5O10. The molecule has 5 aliphatic heterocycles. The van der Waals surface area contributed by atoms with Crippen LogP contribution in [0.5, 0.6) is 0 Å². The molecule has 0 radical (unpaired) electrons. The fourth-order valence-electron chi connectivity index (χ4n) is 9.03. The summed E-state index contributed by atoms with van der Waals surface area (Å²) >= 11 is 0. The molecule has 5 aliphatic rings. The van der Waals surface area contributed by atoms with Crippen LogP contribution < -0.4 is 24.5 Å². The molecule has 10 rings (SSSR count). The Morgan fingerprint density at radius 2 is 0.562 bits per heavy atom. The maximum Gasteiger partial charge on any atom is 0.258 e. The Labute approximate surface area is 420 Å². The Bertz CT molecular complexity index is 3060. The molecule has 15 nitrogen and oxygen atoms in total. The molecular weight excluding hydrogens is 927 g/mol. The quantitative estimate of drug-likeness (QED) is 0.123. The van der Waals surface area contributed by atoms with Crippen molar-refractivity contribution in [2.45, 2.75) is 53.4 Å². The number of benzene rings is 5. The van der Waals surface area contributed by atoms with E-state index in [-0.39, 0.29) is 59.1 Å². The lowest BCUT2D eigenvalue weighted by Gasteiger charge is -2.23. The highest BCUT2D eigenvalue weighted by atomic mass is 16.2. The summed E-state index contributed by atoms with van der Waals surface area (Å²) in [6, 6.07) is 31.4. The van der Waals surface area contributed by atoms with E-state index in [2.05, 4.69) is 0 Å². The molecule has 0 saturated carbocycles. The number of amides is 10. The van der Waals surface area contributed by atoms with Gasteiger partial charge in [0, 0.05) is 60.8 Å². The van der Waals surface area contributed by atoms with E-state index in [9.17, 15) is 47.9 Å². The Balaban J connectivity index is 0.000000159. The Morgan fingerprint density at radius 3 is 0.849 bits per heavy atom. The van der Waals surface area contributed by atoms with Gasteiger partial charge in [-0.15, -0.1) is 0 Å². The number of carbonyl (C=O) groups is 10. The van der Waals surface area contributed by atoms with Crippen molar-refractivity contribution >= 4 is 87.5 Å². The maximum atomic E-state index is 12.2.